The lowest BCUT2D eigenvalue weighted by Gasteiger charge is -2.06. The van der Waals surface area contributed by atoms with E-state index in [9.17, 15) is 22.8 Å². The Bertz CT molecular complexity index is 793. The van der Waals surface area contributed by atoms with Gasteiger partial charge in [-0.15, -0.1) is 0 Å². The number of ether oxygens (including phenoxy) is 1. The molecule has 0 atom stereocenters. The third-order valence-electron chi connectivity index (χ3n) is 3.15. The molecule has 5 nitrogen and oxygen atoms in total. The fraction of sp³-hybridized carbons (Fsp3) is 0.267. The second-order valence-corrected chi connectivity index (χ2v) is 5.08. The molecule has 0 spiro atoms. The zero-order valence-corrected chi connectivity index (χ0v) is 13.2. The highest BCUT2D eigenvalue weighted by atomic mass is 35.5. The van der Waals surface area contributed by atoms with Gasteiger partial charge in [-0.1, -0.05) is 11.6 Å². The van der Waals surface area contributed by atoms with E-state index in [1.807, 2.05) is 0 Å². The fourth-order valence-corrected chi connectivity index (χ4v) is 2.32. The third-order valence-corrected chi connectivity index (χ3v) is 3.57. The van der Waals surface area contributed by atoms with E-state index in [2.05, 4.69) is 5.10 Å². The van der Waals surface area contributed by atoms with Crippen LogP contribution in [0.3, 0.4) is 0 Å². The van der Waals surface area contributed by atoms with Gasteiger partial charge >= 0.3 is 5.97 Å². The number of carbonyl (C=O) groups excluding carboxylic acids is 2. The lowest BCUT2D eigenvalue weighted by Crippen LogP contribution is -2.10. The minimum absolute atomic E-state index is 0.0850. The zero-order valence-electron chi connectivity index (χ0n) is 12.5. The highest BCUT2D eigenvalue weighted by Gasteiger charge is 2.23. The second-order valence-electron chi connectivity index (χ2n) is 4.72. The van der Waals surface area contributed by atoms with Crippen LogP contribution in [0.5, 0.6) is 0 Å². The van der Waals surface area contributed by atoms with Crippen LogP contribution in [0.25, 0.3) is 0 Å². The normalized spacial score (nSPS) is 10.7. The molecular formula is C15H12ClF3N2O3. The zero-order chi connectivity index (χ0) is 17.9. The molecule has 128 valence electrons. The van der Waals surface area contributed by atoms with Gasteiger partial charge in [-0.25, -0.2) is 22.6 Å². The van der Waals surface area contributed by atoms with Gasteiger partial charge < -0.3 is 9.53 Å². The number of halogens is 4. The Labute approximate surface area is 140 Å². The van der Waals surface area contributed by atoms with Crippen molar-refractivity contribution in [2.24, 2.45) is 0 Å². The van der Waals surface area contributed by atoms with Crippen LogP contribution in [0.1, 0.15) is 28.5 Å². The topological polar surface area (TPSA) is 61.2 Å². The number of benzene rings is 1. The van der Waals surface area contributed by atoms with Crippen molar-refractivity contribution in [3.05, 3.63) is 51.6 Å². The molecule has 0 unspecified atom stereocenters. The van der Waals surface area contributed by atoms with Gasteiger partial charge in [0.15, 0.2) is 17.3 Å². The molecule has 0 saturated heterocycles. The second kappa shape index (κ2) is 7.48. The quantitative estimate of drug-likeness (QED) is 0.451. The Balaban J connectivity index is 2.44. The first-order chi connectivity index (χ1) is 11.4. The molecule has 9 heteroatoms. The molecule has 0 fully saturated rings. The van der Waals surface area contributed by atoms with Crippen LogP contribution in [0.15, 0.2) is 12.1 Å². The van der Waals surface area contributed by atoms with Crippen LogP contribution in [0, 0.1) is 17.5 Å². The van der Waals surface area contributed by atoms with E-state index in [-0.39, 0.29) is 41.5 Å². The van der Waals surface area contributed by atoms with Crippen molar-refractivity contribution in [1.82, 2.24) is 9.78 Å². The Morgan fingerprint density at radius 3 is 2.58 bits per heavy atom. The smallest absolute Gasteiger partial charge is 0.359 e. The van der Waals surface area contributed by atoms with Gasteiger partial charge in [-0.05, 0) is 13.0 Å². The van der Waals surface area contributed by atoms with Crippen molar-refractivity contribution in [1.29, 1.82) is 0 Å². The number of rotatable bonds is 6. The maximum Gasteiger partial charge on any atom is 0.359 e. The Kier molecular flexibility index (Phi) is 5.61. The molecule has 1 aromatic heterocycles. The Morgan fingerprint density at radius 2 is 1.96 bits per heavy atom. The molecule has 1 aromatic carbocycles. The maximum absolute atomic E-state index is 13.7. The summed E-state index contributed by atoms with van der Waals surface area (Å²) in [6, 6.07) is 1.08. The molecule has 0 aliphatic rings. The lowest BCUT2D eigenvalue weighted by atomic mass is 10.2. The van der Waals surface area contributed by atoms with E-state index in [0.717, 1.165) is 4.68 Å². The number of nitrogens with zero attached hydrogens (tertiary/aromatic N) is 2. The molecule has 0 aliphatic heterocycles. The molecule has 1 heterocycles. The molecule has 24 heavy (non-hydrogen) atoms. The molecule has 0 radical (unpaired) electrons. The molecule has 0 amide bonds. The summed E-state index contributed by atoms with van der Waals surface area (Å²) >= 11 is 6.07. The van der Waals surface area contributed by atoms with Gasteiger partial charge in [-0.2, -0.15) is 5.10 Å². The standard InChI is InChI=1S/C15H12ClF3N2O3/c1-2-24-15(23)13-9(3-4-22)14(16)21(20-13)7-8-5-11(18)12(19)6-10(8)17/h4-6H,2-3,7H2,1H3. The molecule has 0 aliphatic carbocycles. The van der Waals surface area contributed by atoms with Crippen LogP contribution < -0.4 is 0 Å². The van der Waals surface area contributed by atoms with E-state index >= 15 is 0 Å². The summed E-state index contributed by atoms with van der Waals surface area (Å²) in [5.74, 6) is -4.33. The first-order valence-corrected chi connectivity index (χ1v) is 7.26. The van der Waals surface area contributed by atoms with Gasteiger partial charge in [0.25, 0.3) is 0 Å². The van der Waals surface area contributed by atoms with Crippen LogP contribution in [0.2, 0.25) is 5.15 Å². The number of carbonyl (C=O) groups is 2. The van der Waals surface area contributed by atoms with Crippen molar-refractivity contribution in [2.45, 2.75) is 19.9 Å². The maximum atomic E-state index is 13.7. The van der Waals surface area contributed by atoms with E-state index in [4.69, 9.17) is 16.3 Å². The van der Waals surface area contributed by atoms with Crippen LogP contribution in [-0.2, 0) is 22.5 Å². The third kappa shape index (κ3) is 3.59. The number of hydrogen-bond acceptors (Lipinski definition) is 4. The first-order valence-electron chi connectivity index (χ1n) is 6.88. The van der Waals surface area contributed by atoms with E-state index in [1.165, 1.54) is 0 Å². The van der Waals surface area contributed by atoms with Crippen LogP contribution >= 0.6 is 11.6 Å². The number of aldehydes is 1. The Hall–Kier alpha value is -2.35. The van der Waals surface area contributed by atoms with Crippen LogP contribution in [-0.4, -0.2) is 28.6 Å². The summed E-state index contributed by atoms with van der Waals surface area (Å²) in [5.41, 5.74) is -0.281. The molecular weight excluding hydrogens is 349 g/mol. The van der Waals surface area contributed by atoms with Crippen molar-refractivity contribution in [2.75, 3.05) is 6.61 Å². The summed E-state index contributed by atoms with van der Waals surface area (Å²) in [6.45, 7) is 1.32. The van der Waals surface area contributed by atoms with E-state index in [1.54, 1.807) is 6.92 Å². The van der Waals surface area contributed by atoms with Crippen molar-refractivity contribution in [3.8, 4) is 0 Å². The minimum Gasteiger partial charge on any atom is -0.461 e. The average molecular weight is 361 g/mol. The largest absolute Gasteiger partial charge is 0.461 e. The van der Waals surface area contributed by atoms with Gasteiger partial charge in [-0.3, -0.25) is 0 Å². The number of hydrogen-bond donors (Lipinski definition) is 0. The monoisotopic (exact) mass is 360 g/mol. The number of aromatic nitrogens is 2. The fourth-order valence-electron chi connectivity index (χ4n) is 2.06. The number of esters is 1. The minimum atomic E-state index is -1.32. The van der Waals surface area contributed by atoms with E-state index < -0.39 is 23.4 Å². The van der Waals surface area contributed by atoms with Crippen molar-refractivity contribution < 1.29 is 27.5 Å². The summed E-state index contributed by atoms with van der Waals surface area (Å²) in [7, 11) is 0. The molecule has 0 N–H and O–H groups in total. The van der Waals surface area contributed by atoms with Gasteiger partial charge in [0, 0.05) is 23.6 Å². The summed E-state index contributed by atoms with van der Waals surface area (Å²) in [4.78, 5) is 22.6. The molecule has 2 rings (SSSR count). The predicted octanol–water partition coefficient (Wildman–Crippen LogP) is 2.92. The molecule has 2 aromatic rings. The van der Waals surface area contributed by atoms with Gasteiger partial charge in [0.05, 0.1) is 13.2 Å². The predicted molar refractivity (Wildman–Crippen MR) is 78.4 cm³/mol. The van der Waals surface area contributed by atoms with Gasteiger partial charge in [0.2, 0.25) is 0 Å². The SMILES string of the molecule is CCOC(=O)c1nn(Cc2cc(F)c(F)cc2F)c(Cl)c1CC=O. The highest BCUT2D eigenvalue weighted by Crippen LogP contribution is 2.23. The summed E-state index contributed by atoms with van der Waals surface area (Å²) in [6.07, 6.45) is 0.321. The summed E-state index contributed by atoms with van der Waals surface area (Å²) < 4.78 is 45.8. The van der Waals surface area contributed by atoms with Gasteiger partial charge in [0.1, 0.15) is 17.3 Å². The molecule has 0 bridgehead atoms. The highest BCUT2D eigenvalue weighted by molar-refractivity contribution is 6.31. The van der Waals surface area contributed by atoms with E-state index in [0.29, 0.717) is 18.4 Å². The van der Waals surface area contributed by atoms with Crippen LogP contribution in [0.4, 0.5) is 13.2 Å². The Morgan fingerprint density at radius 1 is 1.29 bits per heavy atom. The first kappa shape index (κ1) is 18.0. The molecule has 0 saturated carbocycles. The van der Waals surface area contributed by atoms with Crippen molar-refractivity contribution >= 4 is 23.9 Å². The summed E-state index contributed by atoms with van der Waals surface area (Å²) in [5, 5.41) is 3.82. The lowest BCUT2D eigenvalue weighted by molar-refractivity contribution is -0.107. The van der Waals surface area contributed by atoms with Crippen molar-refractivity contribution in [3.63, 3.8) is 0 Å². The average Bonchev–Trinajstić information content (AvgIpc) is 2.83.